The summed E-state index contributed by atoms with van der Waals surface area (Å²) in [6.07, 6.45) is 1.20. The van der Waals surface area contributed by atoms with E-state index in [0.717, 1.165) is 20.9 Å². The van der Waals surface area contributed by atoms with Crippen LogP contribution in [0.5, 0.6) is 0 Å². The Bertz CT molecular complexity index is 834. The molecule has 0 heterocycles. The lowest BCUT2D eigenvalue weighted by Gasteiger charge is -2.27. The second-order valence-electron chi connectivity index (χ2n) is 9.65. The predicted molar refractivity (Wildman–Crippen MR) is 134 cm³/mol. The van der Waals surface area contributed by atoms with Gasteiger partial charge in [0.15, 0.2) is 0 Å². The van der Waals surface area contributed by atoms with Gasteiger partial charge in [0.2, 0.25) is 0 Å². The lowest BCUT2D eigenvalue weighted by Crippen LogP contribution is -2.28. The summed E-state index contributed by atoms with van der Waals surface area (Å²) in [6, 6.07) is 16.2. The van der Waals surface area contributed by atoms with Gasteiger partial charge < -0.3 is 10.5 Å². The van der Waals surface area contributed by atoms with E-state index in [4.69, 9.17) is 10.5 Å². The average Bonchev–Trinajstić information content (AvgIpc) is 2.59. The molecule has 0 aliphatic carbocycles. The molecule has 3 nitrogen and oxygen atoms in total. The standard InChI is InChI=1S/C16H23BrO2.C9H12BrN/c1-15(2,3)19-14(18)10-11-16(4,5)12-8-6-7-9-13(12)17;1-9(2,11)7-5-3-4-6-8(7)10/h6-9H,10-11H2,1-5H3;3-6H,11H2,1-2H3. The molecule has 0 radical (unpaired) electrons. The molecular weight excluding hydrogens is 506 g/mol. The topological polar surface area (TPSA) is 52.3 Å². The van der Waals surface area contributed by atoms with E-state index >= 15 is 0 Å². The van der Waals surface area contributed by atoms with Crippen molar-refractivity contribution in [3.63, 3.8) is 0 Å². The summed E-state index contributed by atoms with van der Waals surface area (Å²) in [6.45, 7) is 14.0. The van der Waals surface area contributed by atoms with Crippen LogP contribution in [0.15, 0.2) is 57.5 Å². The van der Waals surface area contributed by atoms with E-state index < -0.39 is 5.60 Å². The maximum absolute atomic E-state index is 11.8. The van der Waals surface area contributed by atoms with Crippen LogP contribution in [-0.4, -0.2) is 11.6 Å². The van der Waals surface area contributed by atoms with Crippen molar-refractivity contribution in [3.8, 4) is 0 Å². The van der Waals surface area contributed by atoms with Gasteiger partial charge in [-0.2, -0.15) is 0 Å². The molecule has 0 unspecified atom stereocenters. The molecule has 166 valence electrons. The maximum atomic E-state index is 11.8. The van der Waals surface area contributed by atoms with Crippen LogP contribution in [0.2, 0.25) is 0 Å². The van der Waals surface area contributed by atoms with Crippen LogP contribution in [0, 0.1) is 0 Å². The first-order chi connectivity index (χ1) is 13.6. The van der Waals surface area contributed by atoms with Crippen molar-refractivity contribution in [2.24, 2.45) is 5.73 Å². The number of hydrogen-bond acceptors (Lipinski definition) is 3. The largest absolute Gasteiger partial charge is 0.460 e. The Labute approximate surface area is 199 Å². The minimum Gasteiger partial charge on any atom is -0.460 e. The van der Waals surface area contributed by atoms with E-state index in [0.29, 0.717) is 6.42 Å². The zero-order chi connectivity index (χ0) is 23.2. The van der Waals surface area contributed by atoms with Crippen molar-refractivity contribution >= 4 is 37.8 Å². The molecular formula is C25H35Br2NO2. The zero-order valence-electron chi connectivity index (χ0n) is 19.2. The fourth-order valence-electron chi connectivity index (χ4n) is 2.94. The zero-order valence-corrected chi connectivity index (χ0v) is 22.4. The number of rotatable bonds is 5. The molecule has 2 aromatic carbocycles. The Morgan fingerprint density at radius 3 is 1.63 bits per heavy atom. The molecule has 0 aliphatic rings. The second-order valence-corrected chi connectivity index (χ2v) is 11.4. The fraction of sp³-hybridized carbons (Fsp3) is 0.480. The predicted octanol–water partition coefficient (Wildman–Crippen LogP) is 7.49. The van der Waals surface area contributed by atoms with E-state index in [1.165, 1.54) is 5.56 Å². The molecule has 0 bridgehead atoms. The molecule has 2 N–H and O–H groups in total. The van der Waals surface area contributed by atoms with Gasteiger partial charge >= 0.3 is 5.97 Å². The summed E-state index contributed by atoms with van der Waals surface area (Å²) < 4.78 is 7.51. The fourth-order valence-corrected chi connectivity index (χ4v) is 4.55. The Hall–Kier alpha value is -1.17. The van der Waals surface area contributed by atoms with Gasteiger partial charge in [0.25, 0.3) is 0 Å². The molecule has 30 heavy (non-hydrogen) atoms. The van der Waals surface area contributed by atoms with E-state index in [-0.39, 0.29) is 16.9 Å². The third-order valence-corrected chi connectivity index (χ3v) is 5.93. The molecule has 0 saturated heterocycles. The normalized spacial score (nSPS) is 12.1. The first kappa shape index (κ1) is 26.9. The van der Waals surface area contributed by atoms with Gasteiger partial charge in [0, 0.05) is 20.9 Å². The minimum absolute atomic E-state index is 0.0585. The lowest BCUT2D eigenvalue weighted by atomic mass is 9.80. The Morgan fingerprint density at radius 2 is 1.27 bits per heavy atom. The van der Waals surface area contributed by atoms with Crippen LogP contribution in [0.25, 0.3) is 0 Å². The van der Waals surface area contributed by atoms with Crippen molar-refractivity contribution in [2.75, 3.05) is 0 Å². The number of carbonyl (C=O) groups is 1. The number of carbonyl (C=O) groups excluding carboxylic acids is 1. The molecule has 5 heteroatoms. The van der Waals surface area contributed by atoms with Gasteiger partial charge in [0.05, 0.1) is 0 Å². The highest BCUT2D eigenvalue weighted by molar-refractivity contribution is 9.10. The second kappa shape index (κ2) is 10.9. The highest BCUT2D eigenvalue weighted by atomic mass is 79.9. The molecule has 0 amide bonds. The number of ether oxygens (including phenoxy) is 1. The smallest absolute Gasteiger partial charge is 0.306 e. The van der Waals surface area contributed by atoms with Crippen LogP contribution in [-0.2, 0) is 20.5 Å². The summed E-state index contributed by atoms with van der Waals surface area (Å²) in [5.74, 6) is -0.132. The van der Waals surface area contributed by atoms with Crippen LogP contribution < -0.4 is 5.73 Å². The van der Waals surface area contributed by atoms with Crippen molar-refractivity contribution < 1.29 is 9.53 Å². The van der Waals surface area contributed by atoms with Crippen molar-refractivity contribution in [3.05, 3.63) is 68.6 Å². The first-order valence-electron chi connectivity index (χ1n) is 10.1. The van der Waals surface area contributed by atoms with Gasteiger partial charge in [-0.15, -0.1) is 0 Å². The van der Waals surface area contributed by atoms with Crippen LogP contribution in [0.1, 0.15) is 72.4 Å². The first-order valence-corrected chi connectivity index (χ1v) is 11.7. The molecule has 0 atom stereocenters. The minimum atomic E-state index is -0.408. The molecule has 2 aromatic rings. The van der Waals surface area contributed by atoms with Crippen molar-refractivity contribution in [1.29, 1.82) is 0 Å². The van der Waals surface area contributed by atoms with E-state index in [1.54, 1.807) is 0 Å². The Kier molecular flexibility index (Phi) is 9.78. The number of halogens is 2. The molecule has 0 aliphatic heterocycles. The highest BCUT2D eigenvalue weighted by Gasteiger charge is 2.25. The van der Waals surface area contributed by atoms with E-state index in [9.17, 15) is 4.79 Å². The van der Waals surface area contributed by atoms with Crippen LogP contribution in [0.3, 0.4) is 0 Å². The number of hydrogen-bond donors (Lipinski definition) is 1. The van der Waals surface area contributed by atoms with Gasteiger partial charge in [-0.1, -0.05) is 82.1 Å². The number of nitrogens with two attached hydrogens (primary N) is 1. The van der Waals surface area contributed by atoms with Gasteiger partial charge in [-0.25, -0.2) is 0 Å². The summed E-state index contributed by atoms with van der Waals surface area (Å²) >= 11 is 7.02. The van der Waals surface area contributed by atoms with Crippen LogP contribution in [0.4, 0.5) is 0 Å². The number of benzene rings is 2. The Morgan fingerprint density at radius 1 is 0.833 bits per heavy atom. The third kappa shape index (κ3) is 9.32. The quantitative estimate of drug-likeness (QED) is 0.399. The summed E-state index contributed by atoms with van der Waals surface area (Å²) in [5, 5.41) is 0. The molecule has 2 rings (SSSR count). The van der Waals surface area contributed by atoms with Crippen LogP contribution >= 0.6 is 31.9 Å². The van der Waals surface area contributed by atoms with E-state index in [1.807, 2.05) is 77.1 Å². The average molecular weight is 541 g/mol. The molecule has 0 aromatic heterocycles. The third-order valence-electron chi connectivity index (χ3n) is 4.55. The van der Waals surface area contributed by atoms with Crippen molar-refractivity contribution in [2.45, 2.75) is 77.9 Å². The summed E-state index contributed by atoms with van der Waals surface area (Å²) in [5.41, 5.74) is 7.56. The molecule has 0 fully saturated rings. The highest BCUT2D eigenvalue weighted by Crippen LogP contribution is 2.34. The number of esters is 1. The van der Waals surface area contributed by atoms with Gasteiger partial charge in [0.1, 0.15) is 5.60 Å². The monoisotopic (exact) mass is 539 g/mol. The van der Waals surface area contributed by atoms with Gasteiger partial charge in [-0.05, 0) is 69.7 Å². The summed E-state index contributed by atoms with van der Waals surface area (Å²) in [7, 11) is 0. The lowest BCUT2D eigenvalue weighted by molar-refractivity contribution is -0.155. The molecule has 0 saturated carbocycles. The SMILES string of the molecule is CC(C)(C)OC(=O)CCC(C)(C)c1ccccc1Br.CC(C)(N)c1ccccc1Br. The Balaban J connectivity index is 0.000000346. The van der Waals surface area contributed by atoms with Gasteiger partial charge in [-0.3, -0.25) is 4.79 Å². The van der Waals surface area contributed by atoms with E-state index in [2.05, 4.69) is 51.8 Å². The van der Waals surface area contributed by atoms with Crippen molar-refractivity contribution in [1.82, 2.24) is 0 Å². The summed E-state index contributed by atoms with van der Waals surface area (Å²) in [4.78, 5) is 11.8. The maximum Gasteiger partial charge on any atom is 0.306 e. The molecule has 0 spiro atoms.